The summed E-state index contributed by atoms with van der Waals surface area (Å²) in [6.45, 7) is 6.77. The SMILES string of the molecule is CCCSSC(CC)SSCCC. The van der Waals surface area contributed by atoms with Gasteiger partial charge in [-0.3, -0.25) is 0 Å². The Balaban J connectivity index is 3.28. The average Bonchev–Trinajstić information content (AvgIpc) is 2.16. The quantitative estimate of drug-likeness (QED) is 0.311. The van der Waals surface area contributed by atoms with Crippen LogP contribution in [-0.4, -0.2) is 16.1 Å². The van der Waals surface area contributed by atoms with Gasteiger partial charge in [-0.25, -0.2) is 0 Å². The highest BCUT2D eigenvalue weighted by Crippen LogP contribution is 2.41. The van der Waals surface area contributed by atoms with Gasteiger partial charge in [0.2, 0.25) is 0 Å². The average molecular weight is 257 g/mol. The molecule has 0 aliphatic carbocycles. The number of rotatable bonds is 9. The third-order valence-electron chi connectivity index (χ3n) is 1.26. The Hall–Kier alpha value is 1.40. The third-order valence-corrected chi connectivity index (χ3v) is 8.30. The van der Waals surface area contributed by atoms with E-state index in [0.29, 0.717) is 0 Å². The Kier molecular flexibility index (Phi) is 12.7. The molecule has 0 radical (unpaired) electrons. The molecule has 0 rings (SSSR count). The van der Waals surface area contributed by atoms with Crippen molar-refractivity contribution in [2.24, 2.45) is 0 Å². The maximum Gasteiger partial charge on any atom is 0.0706 e. The molecule has 0 saturated heterocycles. The molecule has 0 aliphatic rings. The molecule has 0 heterocycles. The molecule has 0 aromatic heterocycles. The van der Waals surface area contributed by atoms with E-state index in [-0.39, 0.29) is 0 Å². The molecule has 80 valence electrons. The zero-order chi connectivity index (χ0) is 9.94. The van der Waals surface area contributed by atoms with Crippen molar-refractivity contribution in [3.63, 3.8) is 0 Å². The summed E-state index contributed by atoms with van der Waals surface area (Å²) in [5, 5.41) is 0. The zero-order valence-corrected chi connectivity index (χ0v) is 12.0. The molecule has 0 amide bonds. The van der Waals surface area contributed by atoms with Gasteiger partial charge in [-0.2, -0.15) is 0 Å². The van der Waals surface area contributed by atoms with Gasteiger partial charge in [-0.15, -0.1) is 0 Å². The van der Waals surface area contributed by atoms with E-state index in [4.69, 9.17) is 0 Å². The maximum absolute atomic E-state index is 2.28. The fourth-order valence-electron chi connectivity index (χ4n) is 0.567. The van der Waals surface area contributed by atoms with Gasteiger partial charge in [0.1, 0.15) is 0 Å². The molecule has 0 aliphatic heterocycles. The molecule has 13 heavy (non-hydrogen) atoms. The highest BCUT2D eigenvalue weighted by atomic mass is 33.1. The van der Waals surface area contributed by atoms with Gasteiger partial charge in [-0.1, -0.05) is 63.9 Å². The summed E-state index contributed by atoms with van der Waals surface area (Å²) >= 11 is 0. The van der Waals surface area contributed by atoms with Crippen LogP contribution in [0.2, 0.25) is 0 Å². The van der Waals surface area contributed by atoms with Crippen LogP contribution in [0.3, 0.4) is 0 Å². The minimum atomic E-state index is 0.785. The Morgan fingerprint density at radius 2 is 1.31 bits per heavy atom. The Bertz CT molecular complexity index is 87.6. The lowest BCUT2D eigenvalue weighted by Gasteiger charge is -2.11. The molecule has 0 nitrogen and oxygen atoms in total. The lowest BCUT2D eigenvalue weighted by molar-refractivity contribution is 1.07. The van der Waals surface area contributed by atoms with E-state index in [1.54, 1.807) is 0 Å². The summed E-state index contributed by atoms with van der Waals surface area (Å²) < 4.78 is 0.785. The van der Waals surface area contributed by atoms with Crippen molar-refractivity contribution in [2.45, 2.75) is 44.6 Å². The van der Waals surface area contributed by atoms with Crippen LogP contribution in [0.5, 0.6) is 0 Å². The van der Waals surface area contributed by atoms with Crippen LogP contribution in [0.1, 0.15) is 40.0 Å². The van der Waals surface area contributed by atoms with Gasteiger partial charge < -0.3 is 0 Å². The number of hydrogen-bond acceptors (Lipinski definition) is 4. The molecule has 0 unspecified atom stereocenters. The fourth-order valence-corrected chi connectivity index (χ4v) is 7.26. The first-order valence-corrected chi connectivity index (χ1v) is 9.68. The topological polar surface area (TPSA) is 0 Å². The van der Waals surface area contributed by atoms with Crippen molar-refractivity contribution < 1.29 is 0 Å². The first-order valence-electron chi connectivity index (χ1n) is 4.91. The van der Waals surface area contributed by atoms with Crippen molar-refractivity contribution in [1.29, 1.82) is 0 Å². The molecule has 0 atom stereocenters. The Morgan fingerprint density at radius 3 is 1.62 bits per heavy atom. The van der Waals surface area contributed by atoms with Crippen molar-refractivity contribution in [1.82, 2.24) is 0 Å². The molecule has 4 heteroatoms. The standard InChI is InChI=1S/C9H20S4/c1-4-7-10-12-9(6-3)13-11-8-5-2/h9H,4-8H2,1-3H3. The smallest absolute Gasteiger partial charge is 0.0706 e. The zero-order valence-electron chi connectivity index (χ0n) is 8.75. The predicted molar refractivity (Wildman–Crippen MR) is 74.8 cm³/mol. The predicted octanol–water partition coefficient (Wildman–Crippen LogP) is 5.31. The lowest BCUT2D eigenvalue weighted by Crippen LogP contribution is -1.89. The summed E-state index contributed by atoms with van der Waals surface area (Å²) in [6.07, 6.45) is 3.87. The monoisotopic (exact) mass is 256 g/mol. The van der Waals surface area contributed by atoms with Crippen LogP contribution in [-0.2, 0) is 0 Å². The first kappa shape index (κ1) is 14.4. The van der Waals surface area contributed by atoms with Crippen LogP contribution in [0.25, 0.3) is 0 Å². The van der Waals surface area contributed by atoms with Crippen LogP contribution in [0.15, 0.2) is 0 Å². The van der Waals surface area contributed by atoms with Crippen LogP contribution < -0.4 is 0 Å². The van der Waals surface area contributed by atoms with E-state index in [0.717, 1.165) is 4.58 Å². The van der Waals surface area contributed by atoms with Crippen molar-refractivity contribution in [3.05, 3.63) is 0 Å². The Morgan fingerprint density at radius 1 is 0.846 bits per heavy atom. The van der Waals surface area contributed by atoms with Gasteiger partial charge in [0, 0.05) is 11.5 Å². The number of hydrogen-bond donors (Lipinski definition) is 0. The fraction of sp³-hybridized carbons (Fsp3) is 1.00. The molecule has 0 spiro atoms. The molecule has 0 aromatic carbocycles. The van der Waals surface area contributed by atoms with Crippen LogP contribution >= 0.6 is 43.2 Å². The Labute approximate surface area is 99.0 Å². The second-order valence-electron chi connectivity index (χ2n) is 2.67. The van der Waals surface area contributed by atoms with E-state index < -0.39 is 0 Å². The molecular weight excluding hydrogens is 236 g/mol. The van der Waals surface area contributed by atoms with Gasteiger partial charge in [-0.05, 0) is 19.3 Å². The van der Waals surface area contributed by atoms with E-state index in [2.05, 4.69) is 42.4 Å². The van der Waals surface area contributed by atoms with Gasteiger partial charge in [0.05, 0.1) is 4.58 Å². The van der Waals surface area contributed by atoms with Crippen LogP contribution in [0, 0.1) is 0 Å². The normalized spacial score (nSPS) is 11.1. The first-order chi connectivity index (χ1) is 6.35. The van der Waals surface area contributed by atoms with E-state index in [1.165, 1.54) is 30.8 Å². The molecular formula is C9H20S4. The molecule has 0 fully saturated rings. The summed E-state index contributed by atoms with van der Waals surface area (Å²) in [7, 11) is 8.16. The van der Waals surface area contributed by atoms with Gasteiger partial charge in [0.15, 0.2) is 0 Å². The van der Waals surface area contributed by atoms with Crippen molar-refractivity contribution in [3.8, 4) is 0 Å². The van der Waals surface area contributed by atoms with E-state index in [9.17, 15) is 0 Å². The lowest BCUT2D eigenvalue weighted by atomic mass is 10.6. The van der Waals surface area contributed by atoms with Gasteiger partial charge >= 0.3 is 0 Å². The third kappa shape index (κ3) is 9.70. The molecule has 0 saturated carbocycles. The van der Waals surface area contributed by atoms with Crippen molar-refractivity contribution >= 4 is 43.2 Å². The van der Waals surface area contributed by atoms with Crippen molar-refractivity contribution in [2.75, 3.05) is 11.5 Å². The van der Waals surface area contributed by atoms with Crippen LogP contribution in [0.4, 0.5) is 0 Å². The highest BCUT2D eigenvalue weighted by molar-refractivity contribution is 8.85. The second kappa shape index (κ2) is 11.5. The second-order valence-corrected chi connectivity index (χ2v) is 8.35. The largest absolute Gasteiger partial charge is 0.0930 e. The minimum absolute atomic E-state index is 0.785. The minimum Gasteiger partial charge on any atom is -0.0930 e. The van der Waals surface area contributed by atoms with Gasteiger partial charge in [0.25, 0.3) is 0 Å². The maximum atomic E-state index is 2.28. The van der Waals surface area contributed by atoms with E-state index in [1.807, 2.05) is 21.6 Å². The molecule has 0 bridgehead atoms. The summed E-state index contributed by atoms with van der Waals surface area (Å²) in [6, 6.07) is 0. The highest BCUT2D eigenvalue weighted by Gasteiger charge is 2.07. The summed E-state index contributed by atoms with van der Waals surface area (Å²) in [4.78, 5) is 0. The summed E-state index contributed by atoms with van der Waals surface area (Å²) in [5.41, 5.74) is 0. The molecule has 0 N–H and O–H groups in total. The molecule has 0 aromatic rings. The van der Waals surface area contributed by atoms with E-state index >= 15 is 0 Å². The summed E-state index contributed by atoms with van der Waals surface area (Å²) in [5.74, 6) is 2.58.